The lowest BCUT2D eigenvalue weighted by atomic mass is 10.1. The molecular formula is C16H18N2O6S. The first-order valence-electron chi connectivity index (χ1n) is 7.26. The summed E-state index contributed by atoms with van der Waals surface area (Å²) in [6.45, 7) is 3.26. The SMILES string of the molecule is Cc1ccc(NS(C)(=O)=O)c(C(=O)NCc2cc(C(=O)O)c(C)o2)c1. The molecule has 0 radical (unpaired) electrons. The Hall–Kier alpha value is -2.81. The van der Waals surface area contributed by atoms with E-state index in [-0.39, 0.29) is 34.9 Å². The fourth-order valence-electron chi connectivity index (χ4n) is 2.24. The van der Waals surface area contributed by atoms with Gasteiger partial charge in [0.05, 0.1) is 24.1 Å². The fraction of sp³-hybridized carbons (Fsp3) is 0.250. The van der Waals surface area contributed by atoms with Crippen LogP contribution in [0.15, 0.2) is 28.7 Å². The molecule has 0 fully saturated rings. The second kappa shape index (κ2) is 6.98. The Kier molecular flexibility index (Phi) is 5.17. The number of hydrogen-bond acceptors (Lipinski definition) is 5. The Morgan fingerprint density at radius 2 is 1.84 bits per heavy atom. The molecule has 0 saturated carbocycles. The third kappa shape index (κ3) is 4.83. The summed E-state index contributed by atoms with van der Waals surface area (Å²) < 4.78 is 30.4. The van der Waals surface area contributed by atoms with Crippen LogP contribution in [0.3, 0.4) is 0 Å². The van der Waals surface area contributed by atoms with Gasteiger partial charge in [-0.05, 0) is 32.0 Å². The molecule has 2 aromatic rings. The Balaban J connectivity index is 2.19. The van der Waals surface area contributed by atoms with Gasteiger partial charge in [0.25, 0.3) is 5.91 Å². The average Bonchev–Trinajstić information content (AvgIpc) is 2.86. The van der Waals surface area contributed by atoms with Gasteiger partial charge in [-0.25, -0.2) is 13.2 Å². The van der Waals surface area contributed by atoms with Gasteiger partial charge in [0.1, 0.15) is 17.1 Å². The molecule has 8 nitrogen and oxygen atoms in total. The molecular weight excluding hydrogens is 348 g/mol. The van der Waals surface area contributed by atoms with Crippen LogP contribution in [0.25, 0.3) is 0 Å². The van der Waals surface area contributed by atoms with E-state index in [2.05, 4.69) is 10.0 Å². The molecule has 3 N–H and O–H groups in total. The summed E-state index contributed by atoms with van der Waals surface area (Å²) in [7, 11) is -3.54. The number of carbonyl (C=O) groups excluding carboxylic acids is 1. The van der Waals surface area contributed by atoms with E-state index in [1.807, 2.05) is 0 Å². The zero-order valence-electron chi connectivity index (χ0n) is 13.9. The highest BCUT2D eigenvalue weighted by molar-refractivity contribution is 7.92. The molecule has 25 heavy (non-hydrogen) atoms. The van der Waals surface area contributed by atoms with Crippen molar-refractivity contribution in [2.24, 2.45) is 0 Å². The molecule has 2 rings (SSSR count). The Labute approximate surface area is 144 Å². The van der Waals surface area contributed by atoms with Gasteiger partial charge in [0.15, 0.2) is 0 Å². The summed E-state index contributed by atoms with van der Waals surface area (Å²) in [5.74, 6) is -1.10. The molecule has 0 aliphatic carbocycles. The summed E-state index contributed by atoms with van der Waals surface area (Å²) >= 11 is 0. The second-order valence-corrected chi connectivity index (χ2v) is 7.34. The number of carboxylic acids is 1. The number of aromatic carboxylic acids is 1. The van der Waals surface area contributed by atoms with Crippen molar-refractivity contribution >= 4 is 27.6 Å². The van der Waals surface area contributed by atoms with Gasteiger partial charge >= 0.3 is 5.97 Å². The van der Waals surface area contributed by atoms with Crippen molar-refractivity contribution in [3.8, 4) is 0 Å². The minimum atomic E-state index is -3.54. The van der Waals surface area contributed by atoms with Gasteiger partial charge in [-0.2, -0.15) is 0 Å². The number of amides is 1. The molecule has 0 atom stereocenters. The maximum Gasteiger partial charge on any atom is 0.339 e. The molecule has 0 saturated heterocycles. The number of aryl methyl sites for hydroxylation is 2. The minimum absolute atomic E-state index is 0.0271. The van der Waals surface area contributed by atoms with Crippen LogP contribution in [0.2, 0.25) is 0 Å². The lowest BCUT2D eigenvalue weighted by molar-refractivity contribution is 0.0694. The molecule has 0 unspecified atom stereocenters. The third-order valence-electron chi connectivity index (χ3n) is 3.34. The van der Waals surface area contributed by atoms with E-state index < -0.39 is 21.9 Å². The predicted molar refractivity (Wildman–Crippen MR) is 91.2 cm³/mol. The van der Waals surface area contributed by atoms with Gasteiger partial charge in [-0.15, -0.1) is 0 Å². The van der Waals surface area contributed by atoms with Crippen molar-refractivity contribution in [2.75, 3.05) is 11.0 Å². The third-order valence-corrected chi connectivity index (χ3v) is 3.93. The van der Waals surface area contributed by atoms with Gasteiger partial charge < -0.3 is 14.8 Å². The molecule has 1 aromatic heterocycles. The number of nitrogens with one attached hydrogen (secondary N) is 2. The van der Waals surface area contributed by atoms with E-state index in [1.165, 1.54) is 19.1 Å². The number of carboxylic acid groups (broad SMARTS) is 1. The largest absolute Gasteiger partial charge is 0.478 e. The topological polar surface area (TPSA) is 126 Å². The van der Waals surface area contributed by atoms with E-state index in [4.69, 9.17) is 9.52 Å². The number of anilines is 1. The van der Waals surface area contributed by atoms with Crippen molar-refractivity contribution < 1.29 is 27.5 Å². The van der Waals surface area contributed by atoms with E-state index in [1.54, 1.807) is 19.1 Å². The highest BCUT2D eigenvalue weighted by Gasteiger charge is 2.17. The molecule has 1 amide bonds. The second-order valence-electron chi connectivity index (χ2n) is 5.59. The summed E-state index contributed by atoms with van der Waals surface area (Å²) in [6.07, 6.45) is 0.994. The average molecular weight is 366 g/mol. The summed E-state index contributed by atoms with van der Waals surface area (Å²) in [4.78, 5) is 23.4. The summed E-state index contributed by atoms with van der Waals surface area (Å²) in [6, 6.07) is 6.08. The van der Waals surface area contributed by atoms with Crippen LogP contribution in [-0.2, 0) is 16.6 Å². The normalized spacial score (nSPS) is 11.2. The number of furan rings is 1. The summed E-state index contributed by atoms with van der Waals surface area (Å²) in [5.41, 5.74) is 1.13. The van der Waals surface area contributed by atoms with Crippen molar-refractivity contribution in [1.82, 2.24) is 5.32 Å². The molecule has 0 aliphatic rings. The lowest BCUT2D eigenvalue weighted by Gasteiger charge is -2.11. The smallest absolute Gasteiger partial charge is 0.339 e. The molecule has 9 heteroatoms. The van der Waals surface area contributed by atoms with Crippen LogP contribution in [-0.4, -0.2) is 31.7 Å². The zero-order chi connectivity index (χ0) is 18.8. The molecule has 1 heterocycles. The first-order chi connectivity index (χ1) is 11.6. The van der Waals surface area contributed by atoms with Crippen LogP contribution in [0.5, 0.6) is 0 Å². The van der Waals surface area contributed by atoms with Crippen LogP contribution in [0, 0.1) is 13.8 Å². The zero-order valence-corrected chi connectivity index (χ0v) is 14.7. The van der Waals surface area contributed by atoms with Crippen molar-refractivity contribution in [1.29, 1.82) is 0 Å². The van der Waals surface area contributed by atoms with Crippen molar-refractivity contribution in [2.45, 2.75) is 20.4 Å². The monoisotopic (exact) mass is 366 g/mol. The number of sulfonamides is 1. The maximum absolute atomic E-state index is 12.4. The minimum Gasteiger partial charge on any atom is -0.478 e. The first kappa shape index (κ1) is 18.5. The fourth-order valence-corrected chi connectivity index (χ4v) is 2.82. The lowest BCUT2D eigenvalue weighted by Crippen LogP contribution is -2.24. The number of benzene rings is 1. The Bertz CT molecular complexity index is 930. The van der Waals surface area contributed by atoms with Crippen LogP contribution in [0.4, 0.5) is 5.69 Å². The Morgan fingerprint density at radius 1 is 1.16 bits per heavy atom. The molecule has 1 aromatic carbocycles. The van der Waals surface area contributed by atoms with Gasteiger partial charge in [0, 0.05) is 0 Å². The molecule has 0 spiro atoms. The van der Waals surface area contributed by atoms with E-state index in [0.29, 0.717) is 0 Å². The van der Waals surface area contributed by atoms with Gasteiger partial charge in [-0.3, -0.25) is 9.52 Å². The van der Waals surface area contributed by atoms with Gasteiger partial charge in [-0.1, -0.05) is 11.6 Å². The standard InChI is InChI=1S/C16H18N2O6S/c1-9-4-5-14(18-25(3,22)23)13(6-9)15(19)17-8-11-7-12(16(20)21)10(2)24-11/h4-7,18H,8H2,1-3H3,(H,17,19)(H,20,21). The first-order valence-corrected chi connectivity index (χ1v) is 9.15. The number of carbonyl (C=O) groups is 2. The molecule has 0 bridgehead atoms. The van der Waals surface area contributed by atoms with E-state index in [0.717, 1.165) is 11.8 Å². The van der Waals surface area contributed by atoms with Crippen LogP contribution in [0.1, 0.15) is 37.8 Å². The van der Waals surface area contributed by atoms with Crippen LogP contribution < -0.4 is 10.0 Å². The molecule has 0 aliphatic heterocycles. The predicted octanol–water partition coefficient (Wildman–Crippen LogP) is 1.90. The van der Waals surface area contributed by atoms with E-state index in [9.17, 15) is 18.0 Å². The Morgan fingerprint density at radius 3 is 2.40 bits per heavy atom. The van der Waals surface area contributed by atoms with E-state index >= 15 is 0 Å². The van der Waals surface area contributed by atoms with Crippen molar-refractivity contribution in [3.05, 3.63) is 52.5 Å². The highest BCUT2D eigenvalue weighted by atomic mass is 32.2. The number of rotatable bonds is 6. The van der Waals surface area contributed by atoms with Crippen LogP contribution >= 0.6 is 0 Å². The molecule has 134 valence electrons. The van der Waals surface area contributed by atoms with Gasteiger partial charge in [0.2, 0.25) is 10.0 Å². The maximum atomic E-state index is 12.4. The number of hydrogen-bond donors (Lipinski definition) is 3. The summed E-state index contributed by atoms with van der Waals surface area (Å²) in [5, 5.41) is 11.6. The van der Waals surface area contributed by atoms with Crippen molar-refractivity contribution in [3.63, 3.8) is 0 Å². The highest BCUT2D eigenvalue weighted by Crippen LogP contribution is 2.19. The quantitative estimate of drug-likeness (QED) is 0.717.